The van der Waals surface area contributed by atoms with Crippen LogP contribution in [0.2, 0.25) is 0 Å². The summed E-state index contributed by atoms with van der Waals surface area (Å²) in [6.07, 6.45) is -4.84. The molecule has 52 valence electrons. The third-order valence-electron chi connectivity index (χ3n) is 0.447. The highest BCUT2D eigenvalue weighted by atomic mass is 32.1. The molecule has 0 heterocycles. The topological polar surface area (TPSA) is 29.1 Å². The zero-order chi connectivity index (χ0) is 7.49. The monoisotopic (exact) mass is 157 g/mol. The van der Waals surface area contributed by atoms with E-state index in [0.717, 1.165) is 0 Å². The van der Waals surface area contributed by atoms with Crippen LogP contribution in [0.5, 0.6) is 0 Å². The largest absolute Gasteiger partial charge is 0.471 e. The number of carbonyl (C=O) groups is 1. The summed E-state index contributed by atoms with van der Waals surface area (Å²) in [4.78, 5) is 9.73. The smallest absolute Gasteiger partial charge is 0.315 e. The average molecular weight is 157 g/mol. The molecule has 0 saturated heterocycles. The van der Waals surface area contributed by atoms with Gasteiger partial charge >= 0.3 is 12.1 Å². The van der Waals surface area contributed by atoms with Crippen molar-refractivity contribution >= 4 is 23.6 Å². The second kappa shape index (κ2) is 2.77. The van der Waals surface area contributed by atoms with Crippen molar-refractivity contribution in [2.45, 2.75) is 6.18 Å². The van der Waals surface area contributed by atoms with Gasteiger partial charge in [-0.05, 0) is 0 Å². The molecule has 6 heteroatoms. The van der Waals surface area contributed by atoms with Crippen molar-refractivity contribution in [3.63, 3.8) is 0 Å². The average Bonchev–Trinajstić information content (AvgIpc) is 1.64. The van der Waals surface area contributed by atoms with E-state index in [0.29, 0.717) is 5.49 Å². The number of carbonyl (C=O) groups excluding carboxylic acids is 1. The summed E-state index contributed by atoms with van der Waals surface area (Å²) in [6, 6.07) is 0. The van der Waals surface area contributed by atoms with E-state index in [1.54, 1.807) is 0 Å². The Morgan fingerprint density at radius 2 is 2.00 bits per heavy atom. The summed E-state index contributed by atoms with van der Waals surface area (Å²) >= 11 is 3.94. The van der Waals surface area contributed by atoms with Crippen LogP contribution in [0.3, 0.4) is 0 Å². The molecular formula is C3H2F3NOS. The molecule has 0 bridgehead atoms. The van der Waals surface area contributed by atoms with Gasteiger partial charge in [-0.2, -0.15) is 13.2 Å². The van der Waals surface area contributed by atoms with E-state index >= 15 is 0 Å². The highest BCUT2D eigenvalue weighted by molar-refractivity contribution is 7.78. The Bertz CT molecular complexity index is 132. The molecule has 0 saturated carbocycles. The highest BCUT2D eigenvalue weighted by Gasteiger charge is 2.37. The molecule has 9 heavy (non-hydrogen) atoms. The van der Waals surface area contributed by atoms with Gasteiger partial charge in [-0.3, -0.25) is 4.79 Å². The fourth-order valence-electron chi connectivity index (χ4n) is 0.135. The molecule has 0 radical (unpaired) electrons. The number of alkyl halides is 3. The van der Waals surface area contributed by atoms with Crippen LogP contribution in [-0.4, -0.2) is 17.6 Å². The van der Waals surface area contributed by atoms with E-state index in [1.165, 1.54) is 5.32 Å². The van der Waals surface area contributed by atoms with E-state index in [2.05, 4.69) is 12.2 Å². The predicted molar refractivity (Wildman–Crippen MR) is 27.9 cm³/mol. The molecule has 1 N–H and O–H groups in total. The van der Waals surface area contributed by atoms with Crippen LogP contribution in [0.25, 0.3) is 0 Å². The second-order valence-corrected chi connectivity index (χ2v) is 1.32. The normalized spacial score (nSPS) is 10.6. The van der Waals surface area contributed by atoms with Crippen LogP contribution in [0.15, 0.2) is 0 Å². The zero-order valence-corrected chi connectivity index (χ0v) is 4.84. The number of thiocarbonyl (C=S) groups is 1. The van der Waals surface area contributed by atoms with Crippen LogP contribution in [0, 0.1) is 0 Å². The summed E-state index contributed by atoms with van der Waals surface area (Å²) in [5, 5.41) is 1.31. The minimum atomic E-state index is -4.84. The molecule has 0 aromatic heterocycles. The third-order valence-corrected chi connectivity index (χ3v) is 0.565. The molecule has 1 amide bonds. The van der Waals surface area contributed by atoms with Crippen molar-refractivity contribution < 1.29 is 18.0 Å². The molecule has 0 aliphatic heterocycles. The SMILES string of the molecule is O=C(NC=S)C(F)(F)F. The van der Waals surface area contributed by atoms with Gasteiger partial charge in [0.15, 0.2) is 0 Å². The first-order valence-electron chi connectivity index (χ1n) is 1.80. The number of halogens is 3. The molecule has 0 rings (SSSR count). The van der Waals surface area contributed by atoms with Gasteiger partial charge in [0, 0.05) is 0 Å². The first-order valence-corrected chi connectivity index (χ1v) is 2.27. The lowest BCUT2D eigenvalue weighted by atomic mass is 10.6. The summed E-state index contributed by atoms with van der Waals surface area (Å²) in [5.74, 6) is -2.04. The number of rotatable bonds is 1. The Kier molecular flexibility index (Phi) is 2.57. The Labute approximate surface area is 54.0 Å². The van der Waals surface area contributed by atoms with Gasteiger partial charge in [-0.15, -0.1) is 0 Å². The van der Waals surface area contributed by atoms with Crippen molar-refractivity contribution in [1.82, 2.24) is 5.32 Å². The summed E-state index contributed by atoms with van der Waals surface area (Å²) in [6.45, 7) is 0. The number of amides is 1. The van der Waals surface area contributed by atoms with Gasteiger partial charge < -0.3 is 5.32 Å². The third kappa shape index (κ3) is 3.02. The molecule has 0 aromatic carbocycles. The van der Waals surface area contributed by atoms with E-state index < -0.39 is 12.1 Å². The predicted octanol–water partition coefficient (Wildman–Crippen LogP) is 0.622. The molecule has 0 aromatic rings. The van der Waals surface area contributed by atoms with Crippen molar-refractivity contribution in [3.05, 3.63) is 0 Å². The minimum Gasteiger partial charge on any atom is -0.315 e. The van der Waals surface area contributed by atoms with Crippen LogP contribution in [0.4, 0.5) is 13.2 Å². The molecule has 0 unspecified atom stereocenters. The standard InChI is InChI=1S/C3H2F3NOS/c4-3(5,6)2(8)7-1-9/h1H,(H,7,8,9). The maximum Gasteiger partial charge on any atom is 0.471 e. The van der Waals surface area contributed by atoms with Crippen molar-refractivity contribution in [2.75, 3.05) is 0 Å². The lowest BCUT2D eigenvalue weighted by molar-refractivity contribution is -0.171. The Morgan fingerprint density at radius 1 is 1.56 bits per heavy atom. The van der Waals surface area contributed by atoms with Gasteiger partial charge in [0.1, 0.15) is 0 Å². The molecule has 0 spiro atoms. The van der Waals surface area contributed by atoms with Gasteiger partial charge in [0.25, 0.3) is 0 Å². The van der Waals surface area contributed by atoms with E-state index in [-0.39, 0.29) is 0 Å². The summed E-state index contributed by atoms with van der Waals surface area (Å²) in [5.41, 5.74) is 0.510. The van der Waals surface area contributed by atoms with E-state index in [9.17, 15) is 18.0 Å². The minimum absolute atomic E-state index is 0.510. The van der Waals surface area contributed by atoms with Gasteiger partial charge in [-0.25, -0.2) is 0 Å². The molecule has 0 aliphatic rings. The van der Waals surface area contributed by atoms with Crippen LogP contribution in [-0.2, 0) is 4.79 Å². The number of hydrogen-bond donors (Lipinski definition) is 1. The van der Waals surface area contributed by atoms with Crippen LogP contribution in [0.1, 0.15) is 0 Å². The lowest BCUT2D eigenvalue weighted by Gasteiger charge is -2.01. The summed E-state index contributed by atoms with van der Waals surface area (Å²) in [7, 11) is 0. The fourth-order valence-corrected chi connectivity index (χ4v) is 0.242. The first-order chi connectivity index (χ1) is 3.98. The van der Waals surface area contributed by atoms with Gasteiger partial charge in [0.2, 0.25) is 0 Å². The fraction of sp³-hybridized carbons (Fsp3) is 0.333. The quantitative estimate of drug-likeness (QED) is 0.565. The zero-order valence-electron chi connectivity index (χ0n) is 4.03. The lowest BCUT2D eigenvalue weighted by Crippen LogP contribution is -2.35. The van der Waals surface area contributed by atoms with Crippen molar-refractivity contribution in [2.24, 2.45) is 0 Å². The summed E-state index contributed by atoms with van der Waals surface area (Å²) < 4.78 is 33.5. The molecular weight excluding hydrogens is 155 g/mol. The molecule has 0 aliphatic carbocycles. The van der Waals surface area contributed by atoms with Gasteiger partial charge in [0.05, 0.1) is 5.49 Å². The maximum atomic E-state index is 11.2. The highest BCUT2D eigenvalue weighted by Crippen LogP contribution is 2.13. The Balaban J connectivity index is 3.88. The number of hydrogen-bond acceptors (Lipinski definition) is 2. The molecule has 2 nitrogen and oxygen atoms in total. The van der Waals surface area contributed by atoms with E-state index in [1.807, 2.05) is 0 Å². The maximum absolute atomic E-state index is 11.2. The van der Waals surface area contributed by atoms with Crippen molar-refractivity contribution in [1.29, 1.82) is 0 Å². The van der Waals surface area contributed by atoms with Crippen LogP contribution < -0.4 is 5.32 Å². The first kappa shape index (κ1) is 8.35. The van der Waals surface area contributed by atoms with E-state index in [4.69, 9.17) is 0 Å². The Morgan fingerprint density at radius 3 is 2.11 bits per heavy atom. The second-order valence-electron chi connectivity index (χ2n) is 1.09. The molecule has 0 atom stereocenters. The van der Waals surface area contributed by atoms with Gasteiger partial charge in [-0.1, -0.05) is 12.2 Å². The van der Waals surface area contributed by atoms with Crippen molar-refractivity contribution in [3.8, 4) is 0 Å². The Hall–Kier alpha value is -0.650. The molecule has 0 fully saturated rings. The van der Waals surface area contributed by atoms with Crippen LogP contribution >= 0.6 is 12.2 Å². The number of nitrogens with one attached hydrogen (secondary N) is 1.